The van der Waals surface area contributed by atoms with E-state index in [1.807, 2.05) is 0 Å². The molecule has 2 rings (SSSR count). The van der Waals surface area contributed by atoms with Crippen LogP contribution in [0, 0.1) is 5.82 Å². The smallest absolute Gasteiger partial charge is 0.137 e. The molecule has 1 aliphatic rings. The van der Waals surface area contributed by atoms with Crippen molar-refractivity contribution in [2.45, 2.75) is 44.4 Å². The highest BCUT2D eigenvalue weighted by Crippen LogP contribution is 2.22. The van der Waals surface area contributed by atoms with E-state index >= 15 is 0 Å². The van der Waals surface area contributed by atoms with Crippen molar-refractivity contribution in [1.82, 2.24) is 0 Å². The molecule has 0 bridgehead atoms. The third-order valence-electron chi connectivity index (χ3n) is 3.19. The van der Waals surface area contributed by atoms with Crippen LogP contribution < -0.4 is 5.73 Å². The zero-order chi connectivity index (χ0) is 12.3. The second-order valence-electron chi connectivity index (χ2n) is 4.60. The fourth-order valence-electron chi connectivity index (χ4n) is 2.10. The summed E-state index contributed by atoms with van der Waals surface area (Å²) in [6, 6.07) is 5.33. The first kappa shape index (κ1) is 13.0. The molecular weight excluding hydrogens is 285 g/mol. The van der Waals surface area contributed by atoms with Gasteiger partial charge in [-0.2, -0.15) is 0 Å². The largest absolute Gasteiger partial charge is 0.374 e. The molecule has 0 heterocycles. The van der Waals surface area contributed by atoms with Gasteiger partial charge in [0.2, 0.25) is 0 Å². The third kappa shape index (κ3) is 3.76. The van der Waals surface area contributed by atoms with Gasteiger partial charge in [0.25, 0.3) is 0 Å². The van der Waals surface area contributed by atoms with Crippen molar-refractivity contribution in [1.29, 1.82) is 0 Å². The van der Waals surface area contributed by atoms with Crippen LogP contribution >= 0.6 is 15.9 Å². The summed E-state index contributed by atoms with van der Waals surface area (Å²) in [5.74, 6) is -0.239. The second kappa shape index (κ2) is 5.94. The molecule has 1 saturated carbocycles. The van der Waals surface area contributed by atoms with Crippen molar-refractivity contribution >= 4 is 15.9 Å². The highest BCUT2D eigenvalue weighted by molar-refractivity contribution is 9.10. The maximum atomic E-state index is 13.0. The number of ether oxygens (including phenoxy) is 1. The third-order valence-corrected chi connectivity index (χ3v) is 3.80. The number of rotatable bonds is 3. The van der Waals surface area contributed by atoms with Crippen LogP contribution in [0.5, 0.6) is 0 Å². The first-order valence-electron chi connectivity index (χ1n) is 5.96. The molecule has 1 aromatic carbocycles. The van der Waals surface area contributed by atoms with Crippen molar-refractivity contribution in [3.8, 4) is 0 Å². The molecule has 0 atom stereocenters. The van der Waals surface area contributed by atoms with Crippen LogP contribution in [-0.4, -0.2) is 12.1 Å². The van der Waals surface area contributed by atoms with E-state index in [1.165, 1.54) is 6.07 Å². The van der Waals surface area contributed by atoms with Gasteiger partial charge in [-0.3, -0.25) is 0 Å². The van der Waals surface area contributed by atoms with Crippen LogP contribution in [0.15, 0.2) is 22.7 Å². The number of benzene rings is 1. The summed E-state index contributed by atoms with van der Waals surface area (Å²) in [5, 5.41) is 0. The summed E-state index contributed by atoms with van der Waals surface area (Å²) in [7, 11) is 0. The minimum absolute atomic E-state index is 0.239. The molecular formula is C13H17BrFNO. The van der Waals surface area contributed by atoms with E-state index in [9.17, 15) is 4.39 Å². The van der Waals surface area contributed by atoms with E-state index in [4.69, 9.17) is 10.5 Å². The van der Waals surface area contributed by atoms with Gasteiger partial charge in [0.15, 0.2) is 0 Å². The first-order chi connectivity index (χ1) is 8.15. The number of halogens is 2. The van der Waals surface area contributed by atoms with Gasteiger partial charge in [-0.1, -0.05) is 6.07 Å². The Hall–Kier alpha value is -0.450. The molecule has 1 fully saturated rings. The average Bonchev–Trinajstić information content (AvgIpc) is 2.33. The number of hydrogen-bond donors (Lipinski definition) is 1. The SMILES string of the molecule is NC1CCC(OCc2ccc(F)c(Br)c2)CC1. The fourth-order valence-corrected chi connectivity index (χ4v) is 2.52. The molecule has 0 unspecified atom stereocenters. The van der Waals surface area contributed by atoms with Gasteiger partial charge in [0, 0.05) is 6.04 Å². The molecule has 0 radical (unpaired) electrons. The lowest BCUT2D eigenvalue weighted by Crippen LogP contribution is -2.30. The Bertz CT molecular complexity index is 378. The predicted octanol–water partition coefficient (Wildman–Crippen LogP) is 3.37. The lowest BCUT2D eigenvalue weighted by atomic mass is 9.94. The van der Waals surface area contributed by atoms with Gasteiger partial charge in [-0.15, -0.1) is 0 Å². The molecule has 2 N–H and O–H groups in total. The monoisotopic (exact) mass is 301 g/mol. The van der Waals surface area contributed by atoms with Gasteiger partial charge >= 0.3 is 0 Å². The van der Waals surface area contributed by atoms with Crippen molar-refractivity contribution in [2.75, 3.05) is 0 Å². The van der Waals surface area contributed by atoms with Gasteiger partial charge in [0.05, 0.1) is 17.2 Å². The average molecular weight is 302 g/mol. The lowest BCUT2D eigenvalue weighted by Gasteiger charge is -2.26. The van der Waals surface area contributed by atoms with Crippen molar-refractivity contribution in [3.63, 3.8) is 0 Å². The molecule has 0 spiro atoms. The minimum Gasteiger partial charge on any atom is -0.374 e. The number of hydrogen-bond acceptors (Lipinski definition) is 2. The zero-order valence-electron chi connectivity index (χ0n) is 9.66. The second-order valence-corrected chi connectivity index (χ2v) is 5.45. The molecule has 4 heteroatoms. The Morgan fingerprint density at radius 2 is 2.00 bits per heavy atom. The summed E-state index contributed by atoms with van der Waals surface area (Å²) >= 11 is 3.17. The van der Waals surface area contributed by atoms with Crippen LogP contribution in [0.3, 0.4) is 0 Å². The van der Waals surface area contributed by atoms with Crippen molar-refractivity contribution in [3.05, 3.63) is 34.1 Å². The standard InChI is InChI=1S/C13H17BrFNO/c14-12-7-9(1-6-13(12)15)8-17-11-4-2-10(16)3-5-11/h1,6-7,10-11H,2-5,8,16H2. The molecule has 94 valence electrons. The normalized spacial score (nSPS) is 24.9. The van der Waals surface area contributed by atoms with Crippen LogP contribution in [0.1, 0.15) is 31.2 Å². The Morgan fingerprint density at radius 3 is 2.65 bits per heavy atom. The molecule has 2 nitrogen and oxygen atoms in total. The maximum Gasteiger partial charge on any atom is 0.137 e. The molecule has 17 heavy (non-hydrogen) atoms. The van der Waals surface area contributed by atoms with Crippen molar-refractivity contribution < 1.29 is 9.13 Å². The summed E-state index contributed by atoms with van der Waals surface area (Å²) in [6.45, 7) is 0.540. The van der Waals surface area contributed by atoms with E-state index in [0.717, 1.165) is 31.2 Å². The van der Waals surface area contributed by atoms with Crippen LogP contribution in [0.4, 0.5) is 4.39 Å². The van der Waals surface area contributed by atoms with Crippen molar-refractivity contribution in [2.24, 2.45) is 5.73 Å². The molecule has 1 aliphatic carbocycles. The minimum atomic E-state index is -0.239. The lowest BCUT2D eigenvalue weighted by molar-refractivity contribution is 0.0138. The Morgan fingerprint density at radius 1 is 1.29 bits per heavy atom. The molecule has 0 aliphatic heterocycles. The Balaban J connectivity index is 1.83. The first-order valence-corrected chi connectivity index (χ1v) is 6.75. The van der Waals surface area contributed by atoms with Crippen LogP contribution in [0.25, 0.3) is 0 Å². The predicted molar refractivity (Wildman–Crippen MR) is 69.1 cm³/mol. The van der Waals surface area contributed by atoms with Gasteiger partial charge in [-0.05, 0) is 59.3 Å². The zero-order valence-corrected chi connectivity index (χ0v) is 11.2. The van der Waals surface area contributed by atoms with Crippen LogP contribution in [-0.2, 0) is 11.3 Å². The van der Waals surface area contributed by atoms with Gasteiger partial charge in [-0.25, -0.2) is 4.39 Å². The molecule has 0 amide bonds. The van der Waals surface area contributed by atoms with E-state index in [2.05, 4.69) is 15.9 Å². The molecule has 0 saturated heterocycles. The van der Waals surface area contributed by atoms with Gasteiger partial charge in [0.1, 0.15) is 5.82 Å². The highest BCUT2D eigenvalue weighted by Gasteiger charge is 2.18. The summed E-state index contributed by atoms with van der Waals surface area (Å²) in [5.41, 5.74) is 6.83. The molecule has 0 aromatic heterocycles. The summed E-state index contributed by atoms with van der Waals surface area (Å²) in [6.07, 6.45) is 4.45. The Kier molecular flexibility index (Phi) is 4.54. The fraction of sp³-hybridized carbons (Fsp3) is 0.538. The summed E-state index contributed by atoms with van der Waals surface area (Å²) < 4.78 is 19.3. The Labute approximate surface area is 109 Å². The maximum absolute atomic E-state index is 13.0. The number of nitrogens with two attached hydrogens (primary N) is 1. The van der Waals surface area contributed by atoms with E-state index in [1.54, 1.807) is 12.1 Å². The highest BCUT2D eigenvalue weighted by atomic mass is 79.9. The summed E-state index contributed by atoms with van der Waals surface area (Å²) in [4.78, 5) is 0. The van der Waals surface area contributed by atoms with E-state index in [0.29, 0.717) is 23.2 Å². The van der Waals surface area contributed by atoms with E-state index in [-0.39, 0.29) is 5.82 Å². The van der Waals surface area contributed by atoms with Gasteiger partial charge < -0.3 is 10.5 Å². The van der Waals surface area contributed by atoms with Crippen LogP contribution in [0.2, 0.25) is 0 Å². The quantitative estimate of drug-likeness (QED) is 0.929. The topological polar surface area (TPSA) is 35.2 Å². The molecule has 1 aromatic rings. The van der Waals surface area contributed by atoms with E-state index < -0.39 is 0 Å².